The first-order chi connectivity index (χ1) is 14.6. The maximum Gasteiger partial charge on any atom is 0.253 e. The molecule has 0 unspecified atom stereocenters. The van der Waals surface area contributed by atoms with E-state index in [4.69, 9.17) is 9.47 Å². The van der Waals surface area contributed by atoms with Crippen LogP contribution in [0.2, 0.25) is 0 Å². The van der Waals surface area contributed by atoms with Gasteiger partial charge in [-0.15, -0.1) is 0 Å². The van der Waals surface area contributed by atoms with Crippen LogP contribution in [0.25, 0.3) is 0 Å². The van der Waals surface area contributed by atoms with E-state index < -0.39 is 0 Å². The van der Waals surface area contributed by atoms with Crippen LogP contribution in [-0.4, -0.2) is 67.6 Å². The van der Waals surface area contributed by atoms with Gasteiger partial charge in [0.05, 0.1) is 19.8 Å². The maximum atomic E-state index is 12.5. The predicted molar refractivity (Wildman–Crippen MR) is 116 cm³/mol. The van der Waals surface area contributed by atoms with Crippen molar-refractivity contribution in [2.24, 2.45) is 0 Å². The maximum absolute atomic E-state index is 12.5. The number of hydrogen-bond acceptors (Lipinski definition) is 5. The number of carbonyl (C=O) groups excluding carboxylic acids is 2. The highest BCUT2D eigenvalue weighted by Gasteiger charge is 2.23. The molecule has 1 aliphatic rings. The molecule has 1 saturated heterocycles. The number of piperazine rings is 1. The fourth-order valence-corrected chi connectivity index (χ4v) is 3.40. The first-order valence-electron chi connectivity index (χ1n) is 10.4. The van der Waals surface area contributed by atoms with Gasteiger partial charge in [-0.3, -0.25) is 14.5 Å². The molecule has 2 amide bonds. The summed E-state index contributed by atoms with van der Waals surface area (Å²) >= 11 is 0. The summed E-state index contributed by atoms with van der Waals surface area (Å²) in [5, 5.41) is 2.92. The van der Waals surface area contributed by atoms with Gasteiger partial charge in [0, 0.05) is 43.5 Å². The second-order valence-electron chi connectivity index (χ2n) is 7.01. The summed E-state index contributed by atoms with van der Waals surface area (Å²) < 4.78 is 11.2. The standard InChI is InChI=1S/C23H29N3O4/c1-3-29-20-11-10-19(16-21(20)30-4-2)24-22(27)17-25-12-14-26(15-13-25)23(28)18-8-6-5-7-9-18/h5-11,16H,3-4,12-15,17H2,1-2H3,(H,24,27). The predicted octanol–water partition coefficient (Wildman–Crippen LogP) is 2.88. The van der Waals surface area contributed by atoms with Crippen LogP contribution in [0.4, 0.5) is 5.69 Å². The third kappa shape index (κ3) is 5.73. The van der Waals surface area contributed by atoms with Crippen molar-refractivity contribution in [3.8, 4) is 11.5 Å². The van der Waals surface area contributed by atoms with E-state index in [1.807, 2.05) is 55.1 Å². The minimum atomic E-state index is -0.0931. The molecule has 0 spiro atoms. The lowest BCUT2D eigenvalue weighted by Crippen LogP contribution is -2.50. The lowest BCUT2D eigenvalue weighted by molar-refractivity contribution is -0.117. The van der Waals surface area contributed by atoms with Gasteiger partial charge in [-0.1, -0.05) is 18.2 Å². The highest BCUT2D eigenvalue weighted by molar-refractivity contribution is 5.94. The summed E-state index contributed by atoms with van der Waals surface area (Å²) in [6.45, 7) is 7.72. The van der Waals surface area contributed by atoms with Gasteiger partial charge >= 0.3 is 0 Å². The second-order valence-corrected chi connectivity index (χ2v) is 7.01. The van der Waals surface area contributed by atoms with Crippen LogP contribution in [0.3, 0.4) is 0 Å². The Morgan fingerprint density at radius 1 is 0.900 bits per heavy atom. The van der Waals surface area contributed by atoms with Gasteiger partial charge in [-0.05, 0) is 38.1 Å². The molecular weight excluding hydrogens is 382 g/mol. The number of benzene rings is 2. The SMILES string of the molecule is CCOc1ccc(NC(=O)CN2CCN(C(=O)c3ccccc3)CC2)cc1OCC. The van der Waals surface area contributed by atoms with Crippen molar-refractivity contribution in [1.29, 1.82) is 0 Å². The Morgan fingerprint density at radius 3 is 2.23 bits per heavy atom. The highest BCUT2D eigenvalue weighted by Crippen LogP contribution is 2.30. The molecule has 3 rings (SSSR count). The number of nitrogens with zero attached hydrogens (tertiary/aromatic N) is 2. The van der Waals surface area contributed by atoms with Crippen LogP contribution in [0.5, 0.6) is 11.5 Å². The lowest BCUT2D eigenvalue weighted by Gasteiger charge is -2.34. The minimum Gasteiger partial charge on any atom is -0.490 e. The van der Waals surface area contributed by atoms with E-state index in [1.165, 1.54) is 0 Å². The molecule has 0 radical (unpaired) electrons. The summed E-state index contributed by atoms with van der Waals surface area (Å²) in [7, 11) is 0. The summed E-state index contributed by atoms with van der Waals surface area (Å²) in [4.78, 5) is 28.9. The fraction of sp³-hybridized carbons (Fsp3) is 0.391. The van der Waals surface area contributed by atoms with Crippen LogP contribution in [0.1, 0.15) is 24.2 Å². The molecule has 0 aromatic heterocycles. The molecule has 1 aliphatic heterocycles. The smallest absolute Gasteiger partial charge is 0.253 e. The molecule has 0 aliphatic carbocycles. The molecule has 7 heteroatoms. The Bertz CT molecular complexity index is 849. The monoisotopic (exact) mass is 411 g/mol. The quantitative estimate of drug-likeness (QED) is 0.723. The van der Waals surface area contributed by atoms with E-state index in [0.29, 0.717) is 62.1 Å². The Hall–Kier alpha value is -3.06. The number of nitrogens with one attached hydrogen (secondary N) is 1. The number of ether oxygens (including phenoxy) is 2. The van der Waals surface area contributed by atoms with Gasteiger partial charge in [0.25, 0.3) is 5.91 Å². The van der Waals surface area contributed by atoms with Gasteiger partial charge in [-0.2, -0.15) is 0 Å². The minimum absolute atomic E-state index is 0.0394. The van der Waals surface area contributed by atoms with Crippen LogP contribution in [0.15, 0.2) is 48.5 Å². The van der Waals surface area contributed by atoms with Crippen molar-refractivity contribution in [3.63, 3.8) is 0 Å². The van der Waals surface area contributed by atoms with Gasteiger partial charge in [0.15, 0.2) is 11.5 Å². The summed E-state index contributed by atoms with van der Waals surface area (Å²) in [6, 6.07) is 14.7. The number of rotatable bonds is 8. The van der Waals surface area contributed by atoms with Crippen LogP contribution in [-0.2, 0) is 4.79 Å². The zero-order chi connectivity index (χ0) is 21.3. The van der Waals surface area contributed by atoms with Crippen molar-refractivity contribution in [2.45, 2.75) is 13.8 Å². The van der Waals surface area contributed by atoms with Gasteiger partial charge in [-0.25, -0.2) is 0 Å². The molecular formula is C23H29N3O4. The zero-order valence-electron chi connectivity index (χ0n) is 17.6. The van der Waals surface area contributed by atoms with Crippen molar-refractivity contribution >= 4 is 17.5 Å². The van der Waals surface area contributed by atoms with Crippen LogP contribution < -0.4 is 14.8 Å². The molecule has 0 bridgehead atoms. The molecule has 1 fully saturated rings. The summed E-state index contributed by atoms with van der Waals surface area (Å²) in [5.41, 5.74) is 1.37. The molecule has 0 saturated carbocycles. The highest BCUT2D eigenvalue weighted by atomic mass is 16.5. The van der Waals surface area contributed by atoms with Crippen molar-refractivity contribution < 1.29 is 19.1 Å². The van der Waals surface area contributed by atoms with Crippen molar-refractivity contribution in [2.75, 3.05) is 51.3 Å². The Morgan fingerprint density at radius 2 is 1.57 bits per heavy atom. The zero-order valence-corrected chi connectivity index (χ0v) is 17.6. The fourth-order valence-electron chi connectivity index (χ4n) is 3.40. The number of anilines is 1. The topological polar surface area (TPSA) is 71.1 Å². The largest absolute Gasteiger partial charge is 0.490 e. The molecule has 2 aromatic carbocycles. The number of hydrogen-bond donors (Lipinski definition) is 1. The third-order valence-electron chi connectivity index (χ3n) is 4.87. The Labute approximate surface area is 177 Å². The van der Waals surface area contributed by atoms with E-state index in [2.05, 4.69) is 10.2 Å². The summed E-state index contributed by atoms with van der Waals surface area (Å²) in [5.74, 6) is 1.23. The van der Waals surface area contributed by atoms with Crippen molar-refractivity contribution in [1.82, 2.24) is 9.80 Å². The Balaban J connectivity index is 1.50. The van der Waals surface area contributed by atoms with E-state index in [-0.39, 0.29) is 18.4 Å². The van der Waals surface area contributed by atoms with Crippen molar-refractivity contribution in [3.05, 3.63) is 54.1 Å². The molecule has 160 valence electrons. The Kier molecular flexibility index (Phi) is 7.68. The normalized spacial score (nSPS) is 14.3. The average molecular weight is 412 g/mol. The number of amides is 2. The van der Waals surface area contributed by atoms with Gasteiger partial charge < -0.3 is 19.7 Å². The molecule has 0 atom stereocenters. The summed E-state index contributed by atoms with van der Waals surface area (Å²) in [6.07, 6.45) is 0. The van der Waals surface area contributed by atoms with Crippen LogP contribution in [0, 0.1) is 0 Å². The number of carbonyl (C=O) groups is 2. The van der Waals surface area contributed by atoms with E-state index in [9.17, 15) is 9.59 Å². The van der Waals surface area contributed by atoms with Crippen LogP contribution >= 0.6 is 0 Å². The lowest BCUT2D eigenvalue weighted by atomic mass is 10.2. The van der Waals surface area contributed by atoms with Gasteiger partial charge in [0.2, 0.25) is 5.91 Å². The molecule has 7 nitrogen and oxygen atoms in total. The third-order valence-corrected chi connectivity index (χ3v) is 4.87. The molecule has 1 N–H and O–H groups in total. The molecule has 30 heavy (non-hydrogen) atoms. The van der Waals surface area contributed by atoms with E-state index in [1.54, 1.807) is 12.1 Å². The molecule has 2 aromatic rings. The average Bonchev–Trinajstić information content (AvgIpc) is 2.76. The molecule has 1 heterocycles. The van der Waals surface area contributed by atoms with E-state index in [0.717, 1.165) is 0 Å². The van der Waals surface area contributed by atoms with E-state index >= 15 is 0 Å². The first kappa shape index (κ1) is 21.6. The second kappa shape index (κ2) is 10.6. The first-order valence-corrected chi connectivity index (χ1v) is 10.4. The van der Waals surface area contributed by atoms with Gasteiger partial charge in [0.1, 0.15) is 0 Å².